The van der Waals surface area contributed by atoms with Gasteiger partial charge in [-0.15, -0.1) is 0 Å². The Labute approximate surface area is 123 Å². The van der Waals surface area contributed by atoms with Gasteiger partial charge in [0.15, 0.2) is 6.79 Å². The highest BCUT2D eigenvalue weighted by molar-refractivity contribution is 5.92. The van der Waals surface area contributed by atoms with Crippen LogP contribution in [-0.4, -0.2) is 19.2 Å². The van der Waals surface area contributed by atoms with Crippen LogP contribution in [0, 0.1) is 5.82 Å². The van der Waals surface area contributed by atoms with Crippen molar-refractivity contribution in [2.24, 2.45) is 0 Å². The second-order valence-electron chi connectivity index (χ2n) is 4.97. The lowest BCUT2D eigenvalue weighted by atomic mass is 10.1. The lowest BCUT2D eigenvalue weighted by Crippen LogP contribution is -2.26. The Hall–Kier alpha value is -1.88. The Balaban J connectivity index is 1.99. The van der Waals surface area contributed by atoms with Crippen LogP contribution in [0.25, 0.3) is 0 Å². The minimum Gasteiger partial charge on any atom is -0.467 e. The second-order valence-corrected chi connectivity index (χ2v) is 4.97. The molecular formula is C16H20FNO3. The SMILES string of the molecule is CCC=C(C)C(=O)NCCc1cc(F)cc2c1OCOC2. The Morgan fingerprint density at radius 3 is 3.05 bits per heavy atom. The molecule has 4 nitrogen and oxygen atoms in total. The second kappa shape index (κ2) is 7.22. The Bertz CT molecular complexity index is 555. The van der Waals surface area contributed by atoms with Gasteiger partial charge in [-0.25, -0.2) is 4.39 Å². The molecule has 1 heterocycles. The van der Waals surface area contributed by atoms with Crippen molar-refractivity contribution in [3.05, 3.63) is 40.7 Å². The maximum Gasteiger partial charge on any atom is 0.246 e. The van der Waals surface area contributed by atoms with Crippen molar-refractivity contribution in [3.63, 3.8) is 0 Å². The first-order chi connectivity index (χ1) is 10.1. The highest BCUT2D eigenvalue weighted by Gasteiger charge is 2.16. The zero-order chi connectivity index (χ0) is 15.2. The van der Waals surface area contributed by atoms with Gasteiger partial charge in [0.1, 0.15) is 11.6 Å². The molecule has 1 aromatic rings. The van der Waals surface area contributed by atoms with Crippen LogP contribution in [0.5, 0.6) is 5.75 Å². The molecule has 0 spiro atoms. The molecule has 0 atom stereocenters. The first-order valence-corrected chi connectivity index (χ1v) is 7.08. The lowest BCUT2D eigenvalue weighted by Gasteiger charge is -2.21. The molecule has 5 heteroatoms. The number of nitrogens with one attached hydrogen (secondary N) is 1. The van der Waals surface area contributed by atoms with Gasteiger partial charge in [0.2, 0.25) is 5.91 Å². The van der Waals surface area contributed by atoms with Crippen molar-refractivity contribution in [1.82, 2.24) is 5.32 Å². The van der Waals surface area contributed by atoms with E-state index in [1.165, 1.54) is 12.1 Å². The lowest BCUT2D eigenvalue weighted by molar-refractivity contribution is -0.117. The van der Waals surface area contributed by atoms with Crippen LogP contribution in [0.1, 0.15) is 31.4 Å². The van der Waals surface area contributed by atoms with E-state index in [2.05, 4.69) is 5.32 Å². The molecule has 1 amide bonds. The molecule has 0 bridgehead atoms. The molecule has 1 aliphatic rings. The standard InChI is InChI=1S/C16H20FNO3/c1-3-4-11(2)16(19)18-6-5-12-7-14(17)8-13-9-20-10-21-15(12)13/h4,7-8H,3,5-6,9-10H2,1-2H3,(H,18,19). The average Bonchev–Trinajstić information content (AvgIpc) is 2.47. The number of allylic oxidation sites excluding steroid dienone is 1. The summed E-state index contributed by atoms with van der Waals surface area (Å²) in [4.78, 5) is 11.8. The topological polar surface area (TPSA) is 47.6 Å². The minimum absolute atomic E-state index is 0.0913. The summed E-state index contributed by atoms with van der Waals surface area (Å²) in [5.41, 5.74) is 2.17. The summed E-state index contributed by atoms with van der Waals surface area (Å²) in [5, 5.41) is 2.83. The zero-order valence-electron chi connectivity index (χ0n) is 12.4. The van der Waals surface area contributed by atoms with Crippen molar-refractivity contribution in [1.29, 1.82) is 0 Å². The monoisotopic (exact) mass is 293 g/mol. The summed E-state index contributed by atoms with van der Waals surface area (Å²) in [7, 11) is 0. The van der Waals surface area contributed by atoms with Gasteiger partial charge in [0.25, 0.3) is 0 Å². The van der Waals surface area contributed by atoms with Gasteiger partial charge < -0.3 is 14.8 Å². The predicted octanol–water partition coefficient (Wildman–Crippen LogP) is 2.71. The third-order valence-corrected chi connectivity index (χ3v) is 3.30. The van der Waals surface area contributed by atoms with Crippen LogP contribution in [-0.2, 0) is 22.6 Å². The van der Waals surface area contributed by atoms with Crippen LogP contribution in [0.4, 0.5) is 4.39 Å². The zero-order valence-corrected chi connectivity index (χ0v) is 12.4. The Kier molecular flexibility index (Phi) is 5.33. The Morgan fingerprint density at radius 2 is 2.29 bits per heavy atom. The van der Waals surface area contributed by atoms with Crippen molar-refractivity contribution in [2.45, 2.75) is 33.3 Å². The van der Waals surface area contributed by atoms with Crippen LogP contribution in [0.3, 0.4) is 0 Å². The summed E-state index contributed by atoms with van der Waals surface area (Å²) in [6.45, 7) is 4.73. The number of carbonyl (C=O) groups is 1. The van der Waals surface area contributed by atoms with Crippen molar-refractivity contribution >= 4 is 5.91 Å². The summed E-state index contributed by atoms with van der Waals surface area (Å²) in [6.07, 6.45) is 3.22. The number of fused-ring (bicyclic) bond motifs is 1. The molecule has 1 aromatic carbocycles. The fourth-order valence-corrected chi connectivity index (χ4v) is 2.29. The maximum atomic E-state index is 13.6. The molecule has 21 heavy (non-hydrogen) atoms. The van der Waals surface area contributed by atoms with E-state index in [0.29, 0.717) is 36.5 Å². The average molecular weight is 293 g/mol. The molecular weight excluding hydrogens is 273 g/mol. The molecule has 114 valence electrons. The molecule has 0 aromatic heterocycles. The molecule has 1 aliphatic heterocycles. The fourth-order valence-electron chi connectivity index (χ4n) is 2.29. The van der Waals surface area contributed by atoms with E-state index in [9.17, 15) is 9.18 Å². The van der Waals surface area contributed by atoms with E-state index in [1.807, 2.05) is 13.0 Å². The van der Waals surface area contributed by atoms with Crippen LogP contribution < -0.4 is 10.1 Å². The van der Waals surface area contributed by atoms with E-state index < -0.39 is 0 Å². The van der Waals surface area contributed by atoms with Gasteiger partial charge in [-0.05, 0) is 37.5 Å². The van der Waals surface area contributed by atoms with Gasteiger partial charge in [-0.3, -0.25) is 4.79 Å². The smallest absolute Gasteiger partial charge is 0.246 e. The largest absolute Gasteiger partial charge is 0.467 e. The highest BCUT2D eigenvalue weighted by Crippen LogP contribution is 2.29. The van der Waals surface area contributed by atoms with Gasteiger partial charge >= 0.3 is 0 Å². The number of carbonyl (C=O) groups excluding carboxylic acids is 1. The van der Waals surface area contributed by atoms with Crippen molar-refractivity contribution in [3.8, 4) is 5.75 Å². The van der Waals surface area contributed by atoms with Gasteiger partial charge in [-0.2, -0.15) is 0 Å². The molecule has 0 aliphatic carbocycles. The number of hydrogen-bond acceptors (Lipinski definition) is 3. The molecule has 0 unspecified atom stereocenters. The first kappa shape index (κ1) is 15.5. The number of amides is 1. The number of hydrogen-bond donors (Lipinski definition) is 1. The number of benzene rings is 1. The van der Waals surface area contributed by atoms with Crippen molar-refractivity contribution < 1.29 is 18.7 Å². The Morgan fingerprint density at radius 1 is 1.48 bits per heavy atom. The molecule has 1 N–H and O–H groups in total. The van der Waals surface area contributed by atoms with Gasteiger partial charge in [-0.1, -0.05) is 13.0 Å². The molecule has 0 fully saturated rings. The van der Waals surface area contributed by atoms with E-state index in [1.54, 1.807) is 6.92 Å². The summed E-state index contributed by atoms with van der Waals surface area (Å²) in [5.74, 6) is 0.273. The molecule has 0 saturated heterocycles. The first-order valence-electron chi connectivity index (χ1n) is 7.08. The predicted molar refractivity (Wildman–Crippen MR) is 77.4 cm³/mol. The minimum atomic E-state index is -0.314. The van der Waals surface area contributed by atoms with Gasteiger partial charge in [0.05, 0.1) is 6.61 Å². The van der Waals surface area contributed by atoms with E-state index in [-0.39, 0.29) is 18.5 Å². The summed E-state index contributed by atoms with van der Waals surface area (Å²) >= 11 is 0. The number of ether oxygens (including phenoxy) is 2. The quantitative estimate of drug-likeness (QED) is 0.849. The molecule has 0 saturated carbocycles. The third-order valence-electron chi connectivity index (χ3n) is 3.30. The molecule has 2 rings (SSSR count). The van der Waals surface area contributed by atoms with E-state index in [0.717, 1.165) is 12.0 Å². The number of halogens is 1. The third kappa shape index (κ3) is 4.04. The molecule has 0 radical (unpaired) electrons. The van der Waals surface area contributed by atoms with Crippen LogP contribution in [0.15, 0.2) is 23.8 Å². The van der Waals surface area contributed by atoms with Crippen molar-refractivity contribution in [2.75, 3.05) is 13.3 Å². The fraction of sp³-hybridized carbons (Fsp3) is 0.438. The van der Waals surface area contributed by atoms with Crippen LogP contribution in [0.2, 0.25) is 0 Å². The highest BCUT2D eigenvalue weighted by atomic mass is 19.1. The van der Waals surface area contributed by atoms with E-state index >= 15 is 0 Å². The van der Waals surface area contributed by atoms with E-state index in [4.69, 9.17) is 9.47 Å². The maximum absolute atomic E-state index is 13.6. The summed E-state index contributed by atoms with van der Waals surface area (Å²) < 4.78 is 24.1. The number of rotatable bonds is 5. The summed E-state index contributed by atoms with van der Waals surface area (Å²) in [6, 6.07) is 2.87. The van der Waals surface area contributed by atoms with Crippen LogP contribution >= 0.6 is 0 Å². The normalized spacial score (nSPS) is 14.3. The van der Waals surface area contributed by atoms with Gasteiger partial charge in [0, 0.05) is 17.7 Å².